The van der Waals surface area contributed by atoms with Crippen molar-refractivity contribution in [2.75, 3.05) is 19.7 Å². The number of carbonyl (C=O) groups is 2. The average molecular weight is 265 g/mol. The minimum atomic E-state index is -1.03. The lowest BCUT2D eigenvalue weighted by Gasteiger charge is -2.18. The van der Waals surface area contributed by atoms with Gasteiger partial charge < -0.3 is 14.7 Å². The number of carbonyl (C=O) groups excluding carboxylic acids is 1. The Morgan fingerprint density at radius 2 is 1.95 bits per heavy atom. The van der Waals surface area contributed by atoms with Crippen molar-refractivity contribution in [1.29, 1.82) is 0 Å². The Morgan fingerprint density at radius 1 is 1.26 bits per heavy atom. The third-order valence-corrected chi connectivity index (χ3v) is 2.90. The minimum absolute atomic E-state index is 0.149. The maximum Gasteiger partial charge on any atom is 0.323 e. The molecule has 19 heavy (non-hydrogen) atoms. The molecule has 1 amide bonds. The van der Waals surface area contributed by atoms with Crippen LogP contribution >= 0.6 is 0 Å². The smallest absolute Gasteiger partial charge is 0.323 e. The number of aliphatic carboxylic acids is 1. The summed E-state index contributed by atoms with van der Waals surface area (Å²) in [5.41, 5.74) is 2.24. The van der Waals surface area contributed by atoms with Crippen molar-refractivity contribution in [3.8, 4) is 5.75 Å². The minimum Gasteiger partial charge on any atom is -0.484 e. The van der Waals surface area contributed by atoms with E-state index >= 15 is 0 Å². The number of likely N-dealkylation sites (N-methyl/N-ethyl adjacent to an activating group) is 1. The van der Waals surface area contributed by atoms with Crippen molar-refractivity contribution in [2.24, 2.45) is 0 Å². The Labute approximate surface area is 112 Å². The molecule has 0 spiro atoms. The molecular formula is C14H19NO4. The average Bonchev–Trinajstić information content (AvgIpc) is 2.36. The molecule has 0 bridgehead atoms. The summed E-state index contributed by atoms with van der Waals surface area (Å²) in [4.78, 5) is 23.6. The lowest BCUT2D eigenvalue weighted by Crippen LogP contribution is -2.38. The molecule has 0 atom stereocenters. The highest BCUT2D eigenvalue weighted by Gasteiger charge is 2.15. The zero-order chi connectivity index (χ0) is 14.4. The summed E-state index contributed by atoms with van der Waals surface area (Å²) in [6.45, 7) is 5.59. The molecule has 0 aromatic heterocycles. The van der Waals surface area contributed by atoms with Gasteiger partial charge in [-0.3, -0.25) is 9.59 Å². The monoisotopic (exact) mass is 265 g/mol. The first-order valence-corrected chi connectivity index (χ1v) is 6.13. The number of carboxylic acids is 1. The molecule has 0 fully saturated rings. The largest absolute Gasteiger partial charge is 0.484 e. The number of rotatable bonds is 6. The molecule has 0 unspecified atom stereocenters. The predicted octanol–water partition coefficient (Wildman–Crippen LogP) is 1.62. The molecule has 1 rings (SSSR count). The summed E-state index contributed by atoms with van der Waals surface area (Å²) in [6.07, 6.45) is 0. The lowest BCUT2D eigenvalue weighted by molar-refractivity contribution is -0.145. The molecule has 5 heteroatoms. The summed E-state index contributed by atoms with van der Waals surface area (Å²) in [6, 6.07) is 5.57. The van der Waals surface area contributed by atoms with Gasteiger partial charge in [-0.05, 0) is 44.0 Å². The number of nitrogens with zero attached hydrogens (tertiary/aromatic N) is 1. The van der Waals surface area contributed by atoms with Gasteiger partial charge in [0.2, 0.25) is 0 Å². The maximum atomic E-state index is 11.8. The van der Waals surface area contributed by atoms with E-state index in [1.807, 2.05) is 26.0 Å². The third-order valence-electron chi connectivity index (χ3n) is 2.90. The van der Waals surface area contributed by atoms with Gasteiger partial charge in [0.05, 0.1) is 0 Å². The van der Waals surface area contributed by atoms with Crippen LogP contribution in [0.25, 0.3) is 0 Å². The van der Waals surface area contributed by atoms with E-state index in [9.17, 15) is 9.59 Å². The van der Waals surface area contributed by atoms with Crippen LogP contribution in [0, 0.1) is 13.8 Å². The second kappa shape index (κ2) is 6.78. The van der Waals surface area contributed by atoms with E-state index in [1.165, 1.54) is 4.90 Å². The molecule has 0 saturated carbocycles. The third kappa shape index (κ3) is 4.62. The lowest BCUT2D eigenvalue weighted by atomic mass is 10.1. The molecule has 0 saturated heterocycles. The Balaban J connectivity index is 2.57. The number of aryl methyl sites for hydroxylation is 2. The Kier molecular flexibility index (Phi) is 5.36. The van der Waals surface area contributed by atoms with Crippen molar-refractivity contribution in [3.63, 3.8) is 0 Å². The van der Waals surface area contributed by atoms with E-state index in [0.717, 1.165) is 11.1 Å². The number of hydrogen-bond acceptors (Lipinski definition) is 3. The van der Waals surface area contributed by atoms with E-state index in [-0.39, 0.29) is 19.1 Å². The van der Waals surface area contributed by atoms with Crippen LogP contribution in [0.15, 0.2) is 18.2 Å². The number of amides is 1. The van der Waals surface area contributed by atoms with Crippen LogP contribution in [-0.2, 0) is 9.59 Å². The van der Waals surface area contributed by atoms with Gasteiger partial charge in [0, 0.05) is 6.54 Å². The molecule has 1 aromatic carbocycles. The van der Waals surface area contributed by atoms with Gasteiger partial charge in [0.1, 0.15) is 12.3 Å². The summed E-state index contributed by atoms with van der Waals surface area (Å²) >= 11 is 0. The molecule has 0 aliphatic carbocycles. The molecule has 5 nitrogen and oxygen atoms in total. The quantitative estimate of drug-likeness (QED) is 0.848. The molecule has 0 heterocycles. The highest BCUT2D eigenvalue weighted by Crippen LogP contribution is 2.16. The standard InChI is InChI=1S/C14H19NO4/c1-4-15(8-14(17)18)13(16)9-19-12-6-5-10(2)11(3)7-12/h5-7H,4,8-9H2,1-3H3,(H,17,18). The molecule has 1 N–H and O–H groups in total. The fraction of sp³-hybridized carbons (Fsp3) is 0.429. The van der Waals surface area contributed by atoms with E-state index in [2.05, 4.69) is 0 Å². The first kappa shape index (κ1) is 15.0. The van der Waals surface area contributed by atoms with E-state index in [1.54, 1.807) is 13.0 Å². The Bertz CT molecular complexity index is 471. The van der Waals surface area contributed by atoms with Gasteiger partial charge >= 0.3 is 5.97 Å². The Hall–Kier alpha value is -2.04. The van der Waals surface area contributed by atoms with E-state index < -0.39 is 5.97 Å². The highest BCUT2D eigenvalue weighted by molar-refractivity contribution is 5.82. The summed E-state index contributed by atoms with van der Waals surface area (Å²) in [7, 11) is 0. The van der Waals surface area contributed by atoms with Crippen LogP contribution in [-0.4, -0.2) is 41.6 Å². The van der Waals surface area contributed by atoms with E-state index in [0.29, 0.717) is 12.3 Å². The normalized spacial score (nSPS) is 10.1. The number of carboxylic acid groups (broad SMARTS) is 1. The molecule has 0 radical (unpaired) electrons. The predicted molar refractivity (Wildman–Crippen MR) is 71.3 cm³/mol. The molecule has 104 valence electrons. The fourth-order valence-corrected chi connectivity index (χ4v) is 1.58. The second-order valence-electron chi connectivity index (χ2n) is 4.34. The van der Waals surface area contributed by atoms with Crippen LogP contribution < -0.4 is 4.74 Å². The topological polar surface area (TPSA) is 66.8 Å². The first-order chi connectivity index (χ1) is 8.93. The SMILES string of the molecule is CCN(CC(=O)O)C(=O)COc1ccc(C)c(C)c1. The number of ether oxygens (including phenoxy) is 1. The van der Waals surface area contributed by atoms with Crippen molar-refractivity contribution >= 4 is 11.9 Å². The van der Waals surface area contributed by atoms with Crippen molar-refractivity contribution in [2.45, 2.75) is 20.8 Å². The van der Waals surface area contributed by atoms with Gasteiger partial charge in [-0.1, -0.05) is 6.07 Å². The van der Waals surface area contributed by atoms with Gasteiger partial charge in [0.15, 0.2) is 6.61 Å². The molecular weight excluding hydrogens is 246 g/mol. The highest BCUT2D eigenvalue weighted by atomic mass is 16.5. The van der Waals surface area contributed by atoms with Gasteiger partial charge in [-0.15, -0.1) is 0 Å². The maximum absolute atomic E-state index is 11.8. The zero-order valence-electron chi connectivity index (χ0n) is 11.5. The first-order valence-electron chi connectivity index (χ1n) is 6.13. The van der Waals surface area contributed by atoms with Crippen LogP contribution in [0.1, 0.15) is 18.1 Å². The van der Waals surface area contributed by atoms with Crippen molar-refractivity contribution < 1.29 is 19.4 Å². The summed E-state index contributed by atoms with van der Waals surface area (Å²) in [5, 5.41) is 8.68. The van der Waals surface area contributed by atoms with E-state index in [4.69, 9.17) is 9.84 Å². The molecule has 1 aromatic rings. The molecule has 0 aliphatic rings. The molecule has 0 aliphatic heterocycles. The number of hydrogen-bond donors (Lipinski definition) is 1. The second-order valence-corrected chi connectivity index (χ2v) is 4.34. The van der Waals surface area contributed by atoms with Crippen LogP contribution in [0.3, 0.4) is 0 Å². The van der Waals surface area contributed by atoms with Crippen LogP contribution in [0.5, 0.6) is 5.75 Å². The van der Waals surface area contributed by atoms with Gasteiger partial charge in [0.25, 0.3) is 5.91 Å². The van der Waals surface area contributed by atoms with Gasteiger partial charge in [-0.2, -0.15) is 0 Å². The number of benzene rings is 1. The zero-order valence-corrected chi connectivity index (χ0v) is 11.5. The Morgan fingerprint density at radius 3 is 2.47 bits per heavy atom. The van der Waals surface area contributed by atoms with Crippen LogP contribution in [0.4, 0.5) is 0 Å². The van der Waals surface area contributed by atoms with Crippen LogP contribution in [0.2, 0.25) is 0 Å². The fourth-order valence-electron chi connectivity index (χ4n) is 1.58. The van der Waals surface area contributed by atoms with Crippen molar-refractivity contribution in [3.05, 3.63) is 29.3 Å². The van der Waals surface area contributed by atoms with Crippen molar-refractivity contribution in [1.82, 2.24) is 4.90 Å². The summed E-state index contributed by atoms with van der Waals surface area (Å²) in [5.74, 6) is -0.743. The summed E-state index contributed by atoms with van der Waals surface area (Å²) < 4.78 is 5.38. The van der Waals surface area contributed by atoms with Gasteiger partial charge in [-0.25, -0.2) is 0 Å².